The van der Waals surface area contributed by atoms with E-state index in [0.29, 0.717) is 17.8 Å². The Morgan fingerprint density at radius 3 is 2.56 bits per heavy atom. The van der Waals surface area contributed by atoms with Crippen molar-refractivity contribution in [2.75, 3.05) is 0 Å². The molecule has 0 atom stereocenters. The van der Waals surface area contributed by atoms with Crippen LogP contribution in [-0.4, -0.2) is 9.67 Å². The number of aryl methyl sites for hydroxylation is 1. The minimum Gasteiger partial charge on any atom is -0.493 e. The van der Waals surface area contributed by atoms with Crippen molar-refractivity contribution in [3.05, 3.63) is 51.3 Å². The Morgan fingerprint density at radius 1 is 1.20 bits per heavy atom. The van der Waals surface area contributed by atoms with Crippen molar-refractivity contribution in [3.63, 3.8) is 0 Å². The molecular formula is C19H22N4O2. The second kappa shape index (κ2) is 8.25. The minimum absolute atomic E-state index is 0.0647. The van der Waals surface area contributed by atoms with E-state index in [1.807, 2.05) is 31.2 Å². The number of nitriles is 1. The van der Waals surface area contributed by atoms with Crippen LogP contribution in [0.15, 0.2) is 39.3 Å². The Bertz CT molecular complexity index is 892. The molecule has 0 radical (unpaired) electrons. The van der Waals surface area contributed by atoms with Crippen molar-refractivity contribution in [3.8, 4) is 11.9 Å². The summed E-state index contributed by atoms with van der Waals surface area (Å²) in [6.45, 7) is 5.91. The van der Waals surface area contributed by atoms with Crippen molar-refractivity contribution in [2.24, 2.45) is 10.2 Å². The molecule has 2 aromatic rings. The minimum atomic E-state index is -0.428. The summed E-state index contributed by atoms with van der Waals surface area (Å²) in [4.78, 5) is 12.7. The van der Waals surface area contributed by atoms with Gasteiger partial charge in [0.15, 0.2) is 5.69 Å². The monoisotopic (exact) mass is 338 g/mol. The SMILES string of the molecule is CCCCCn1c(O)c(C#N)c(C)c(N=Nc2ccccc2C)c1=O. The van der Waals surface area contributed by atoms with Crippen LogP contribution in [0.2, 0.25) is 0 Å². The van der Waals surface area contributed by atoms with Gasteiger partial charge in [-0.05, 0) is 31.9 Å². The molecule has 2 rings (SSSR count). The van der Waals surface area contributed by atoms with Crippen molar-refractivity contribution >= 4 is 11.4 Å². The number of nitrogens with zero attached hydrogens (tertiary/aromatic N) is 4. The van der Waals surface area contributed by atoms with E-state index in [0.717, 1.165) is 24.8 Å². The van der Waals surface area contributed by atoms with Gasteiger partial charge in [-0.15, -0.1) is 5.11 Å². The molecule has 0 fully saturated rings. The van der Waals surface area contributed by atoms with Crippen molar-refractivity contribution in [1.82, 2.24) is 4.57 Å². The largest absolute Gasteiger partial charge is 0.493 e. The molecule has 0 saturated carbocycles. The number of azo groups is 1. The summed E-state index contributed by atoms with van der Waals surface area (Å²) in [6.07, 6.45) is 2.67. The highest BCUT2D eigenvalue weighted by molar-refractivity contribution is 5.57. The summed E-state index contributed by atoms with van der Waals surface area (Å²) in [5.41, 5.74) is 1.66. The molecule has 25 heavy (non-hydrogen) atoms. The van der Waals surface area contributed by atoms with Crippen molar-refractivity contribution in [2.45, 2.75) is 46.6 Å². The van der Waals surface area contributed by atoms with Gasteiger partial charge < -0.3 is 5.11 Å². The highest BCUT2D eigenvalue weighted by Gasteiger charge is 2.18. The first-order valence-electron chi connectivity index (χ1n) is 8.35. The van der Waals surface area contributed by atoms with Gasteiger partial charge in [0.25, 0.3) is 5.56 Å². The molecule has 1 aromatic carbocycles. The lowest BCUT2D eigenvalue weighted by Crippen LogP contribution is -2.22. The predicted octanol–water partition coefficient (Wildman–Crippen LogP) is 4.65. The Hall–Kier alpha value is -2.94. The molecule has 0 saturated heterocycles. The molecule has 0 aliphatic rings. The van der Waals surface area contributed by atoms with Crippen molar-refractivity contribution in [1.29, 1.82) is 5.26 Å². The molecule has 6 heteroatoms. The molecule has 6 nitrogen and oxygen atoms in total. The fraction of sp³-hybridized carbons (Fsp3) is 0.368. The predicted molar refractivity (Wildman–Crippen MR) is 96.7 cm³/mol. The van der Waals surface area contributed by atoms with E-state index in [4.69, 9.17) is 0 Å². The van der Waals surface area contributed by atoms with Gasteiger partial charge in [-0.3, -0.25) is 9.36 Å². The lowest BCUT2D eigenvalue weighted by molar-refractivity contribution is 0.398. The van der Waals surface area contributed by atoms with E-state index in [1.54, 1.807) is 13.0 Å². The van der Waals surface area contributed by atoms with E-state index in [-0.39, 0.29) is 17.1 Å². The normalized spacial score (nSPS) is 11.0. The van der Waals surface area contributed by atoms with E-state index >= 15 is 0 Å². The summed E-state index contributed by atoms with van der Waals surface area (Å²) < 4.78 is 1.22. The number of hydrogen-bond acceptors (Lipinski definition) is 5. The van der Waals surface area contributed by atoms with Crippen LogP contribution in [0.4, 0.5) is 11.4 Å². The van der Waals surface area contributed by atoms with E-state index in [1.165, 1.54) is 4.57 Å². The Labute approximate surface area is 147 Å². The van der Waals surface area contributed by atoms with Crippen LogP contribution >= 0.6 is 0 Å². The number of rotatable bonds is 6. The maximum absolute atomic E-state index is 12.7. The van der Waals surface area contributed by atoms with E-state index < -0.39 is 5.56 Å². The Morgan fingerprint density at radius 2 is 1.92 bits per heavy atom. The first-order valence-corrected chi connectivity index (χ1v) is 8.35. The Balaban J connectivity index is 2.54. The lowest BCUT2D eigenvalue weighted by Gasteiger charge is -2.12. The topological polar surface area (TPSA) is 90.7 Å². The van der Waals surface area contributed by atoms with Gasteiger partial charge >= 0.3 is 0 Å². The molecule has 130 valence electrons. The number of hydrogen-bond donors (Lipinski definition) is 1. The highest BCUT2D eigenvalue weighted by atomic mass is 16.3. The molecule has 0 unspecified atom stereocenters. The third-order valence-corrected chi connectivity index (χ3v) is 4.13. The fourth-order valence-corrected chi connectivity index (χ4v) is 2.56. The third kappa shape index (κ3) is 3.94. The van der Waals surface area contributed by atoms with Crippen LogP contribution in [-0.2, 0) is 6.54 Å². The second-order valence-electron chi connectivity index (χ2n) is 5.93. The van der Waals surface area contributed by atoms with Crippen molar-refractivity contribution < 1.29 is 5.11 Å². The zero-order valence-electron chi connectivity index (χ0n) is 14.8. The van der Waals surface area contributed by atoms with Crippen LogP contribution < -0.4 is 5.56 Å². The van der Waals surface area contributed by atoms with Gasteiger partial charge in [-0.2, -0.15) is 10.4 Å². The Kier molecular flexibility index (Phi) is 6.07. The van der Waals surface area contributed by atoms with Crippen LogP contribution in [0.5, 0.6) is 5.88 Å². The summed E-state index contributed by atoms with van der Waals surface area (Å²) in [7, 11) is 0. The maximum atomic E-state index is 12.7. The second-order valence-corrected chi connectivity index (χ2v) is 5.93. The smallest absolute Gasteiger partial charge is 0.281 e. The molecule has 0 aliphatic carbocycles. The molecular weight excluding hydrogens is 316 g/mol. The molecule has 1 aromatic heterocycles. The average molecular weight is 338 g/mol. The molecule has 0 amide bonds. The summed E-state index contributed by atoms with van der Waals surface area (Å²) in [5, 5.41) is 27.9. The zero-order chi connectivity index (χ0) is 18.4. The number of pyridine rings is 1. The summed E-state index contributed by atoms with van der Waals surface area (Å²) >= 11 is 0. The number of benzene rings is 1. The molecule has 1 heterocycles. The molecule has 0 spiro atoms. The van der Waals surface area contributed by atoms with E-state index in [2.05, 4.69) is 17.2 Å². The fourth-order valence-electron chi connectivity index (χ4n) is 2.56. The molecule has 0 bridgehead atoms. The third-order valence-electron chi connectivity index (χ3n) is 4.13. The standard InChI is InChI=1S/C19H22N4O2/c1-4-5-8-11-23-18(24)15(12-20)14(3)17(19(23)25)22-21-16-10-7-6-9-13(16)2/h6-7,9-10,24H,4-5,8,11H2,1-3H3. The van der Waals surface area contributed by atoms with Gasteiger partial charge in [0, 0.05) is 12.1 Å². The number of aromatic nitrogens is 1. The van der Waals surface area contributed by atoms with Crippen LogP contribution in [0.1, 0.15) is 42.9 Å². The van der Waals surface area contributed by atoms with Gasteiger partial charge in [0.2, 0.25) is 5.88 Å². The quantitative estimate of drug-likeness (QED) is 0.614. The molecule has 1 N–H and O–H groups in total. The zero-order valence-corrected chi connectivity index (χ0v) is 14.8. The van der Waals surface area contributed by atoms with Crippen LogP contribution in [0, 0.1) is 25.2 Å². The van der Waals surface area contributed by atoms with Gasteiger partial charge in [0.05, 0.1) is 5.69 Å². The first kappa shape index (κ1) is 18.4. The lowest BCUT2D eigenvalue weighted by atomic mass is 10.1. The molecule has 0 aliphatic heterocycles. The maximum Gasteiger partial charge on any atom is 0.281 e. The average Bonchev–Trinajstić information content (AvgIpc) is 2.59. The summed E-state index contributed by atoms with van der Waals surface area (Å²) in [5.74, 6) is -0.295. The van der Waals surface area contributed by atoms with Crippen LogP contribution in [0.3, 0.4) is 0 Å². The summed E-state index contributed by atoms with van der Waals surface area (Å²) in [6, 6.07) is 9.41. The van der Waals surface area contributed by atoms with E-state index in [9.17, 15) is 15.2 Å². The van der Waals surface area contributed by atoms with Crippen LogP contribution in [0.25, 0.3) is 0 Å². The first-order chi connectivity index (χ1) is 12.0. The van der Waals surface area contributed by atoms with Gasteiger partial charge in [-0.25, -0.2) is 0 Å². The number of unbranched alkanes of at least 4 members (excludes halogenated alkanes) is 2. The van der Waals surface area contributed by atoms with Gasteiger partial charge in [-0.1, -0.05) is 38.0 Å². The van der Waals surface area contributed by atoms with Gasteiger partial charge in [0.1, 0.15) is 11.6 Å². The number of aromatic hydroxyl groups is 1. The highest BCUT2D eigenvalue weighted by Crippen LogP contribution is 2.27.